The predicted octanol–water partition coefficient (Wildman–Crippen LogP) is 1.33. The third-order valence-corrected chi connectivity index (χ3v) is 4.79. The van der Waals surface area contributed by atoms with Gasteiger partial charge in [-0.25, -0.2) is 4.98 Å². The summed E-state index contributed by atoms with van der Waals surface area (Å²) < 4.78 is 0. The van der Waals surface area contributed by atoms with E-state index in [1.165, 1.54) is 4.90 Å². The minimum absolute atomic E-state index is 0.226. The predicted molar refractivity (Wildman–Crippen MR) is 94.5 cm³/mol. The summed E-state index contributed by atoms with van der Waals surface area (Å²) >= 11 is 0. The topological polar surface area (TPSA) is 80.5 Å². The molecule has 0 atom stereocenters. The number of anilines is 1. The van der Waals surface area contributed by atoms with Gasteiger partial charge in [0.05, 0.1) is 29.4 Å². The Morgan fingerprint density at radius 2 is 1.65 bits per heavy atom. The van der Waals surface area contributed by atoms with Crippen LogP contribution in [-0.4, -0.2) is 59.4 Å². The van der Waals surface area contributed by atoms with Crippen molar-refractivity contribution in [2.45, 2.75) is 0 Å². The smallest absolute Gasteiger partial charge is 0.262 e. The normalized spacial score (nSPS) is 17.3. The third kappa shape index (κ3) is 2.80. The highest BCUT2D eigenvalue weighted by Crippen LogP contribution is 2.23. The van der Waals surface area contributed by atoms with E-state index in [9.17, 15) is 9.59 Å². The first-order chi connectivity index (χ1) is 12.7. The van der Waals surface area contributed by atoms with Gasteiger partial charge in [-0.3, -0.25) is 19.4 Å². The Labute approximate surface area is 151 Å². The number of nitrogens with zero attached hydrogens (tertiary/aromatic N) is 5. The zero-order valence-corrected chi connectivity index (χ0v) is 14.1. The molecule has 0 spiro atoms. The van der Waals surface area contributed by atoms with Crippen LogP contribution in [0.3, 0.4) is 0 Å². The van der Waals surface area contributed by atoms with Crippen LogP contribution in [0.25, 0.3) is 0 Å². The summed E-state index contributed by atoms with van der Waals surface area (Å²) in [6, 6.07) is 12.5. The SMILES string of the molecule is N#Cc1ccnc(N2CCN(CN3C(=O)c4ccccc4C3=O)CC2)c1. The summed E-state index contributed by atoms with van der Waals surface area (Å²) in [5.74, 6) is 0.331. The van der Waals surface area contributed by atoms with Crippen molar-refractivity contribution in [3.63, 3.8) is 0 Å². The Balaban J connectivity index is 1.40. The minimum Gasteiger partial charge on any atom is -0.354 e. The molecule has 0 bridgehead atoms. The van der Waals surface area contributed by atoms with Crippen molar-refractivity contribution in [3.8, 4) is 6.07 Å². The summed E-state index contributed by atoms with van der Waals surface area (Å²) in [5, 5.41) is 9.01. The molecule has 2 aliphatic rings. The van der Waals surface area contributed by atoms with Crippen LogP contribution >= 0.6 is 0 Å². The van der Waals surface area contributed by atoms with Crippen LogP contribution in [0.15, 0.2) is 42.6 Å². The number of carbonyl (C=O) groups is 2. The number of hydrogen-bond donors (Lipinski definition) is 0. The zero-order valence-electron chi connectivity index (χ0n) is 14.1. The van der Waals surface area contributed by atoms with Crippen molar-refractivity contribution >= 4 is 17.6 Å². The summed E-state index contributed by atoms with van der Waals surface area (Å²) in [4.78, 5) is 34.8. The van der Waals surface area contributed by atoms with Crippen LogP contribution in [-0.2, 0) is 0 Å². The first-order valence-corrected chi connectivity index (χ1v) is 8.46. The fraction of sp³-hybridized carbons (Fsp3) is 0.263. The molecule has 1 saturated heterocycles. The molecule has 7 nitrogen and oxygen atoms in total. The molecule has 1 fully saturated rings. The zero-order chi connectivity index (χ0) is 18.1. The highest BCUT2D eigenvalue weighted by Gasteiger charge is 2.36. The molecule has 26 heavy (non-hydrogen) atoms. The molecule has 0 unspecified atom stereocenters. The lowest BCUT2D eigenvalue weighted by Gasteiger charge is -2.36. The van der Waals surface area contributed by atoms with Gasteiger partial charge in [0.2, 0.25) is 0 Å². The van der Waals surface area contributed by atoms with E-state index in [4.69, 9.17) is 5.26 Å². The Morgan fingerprint density at radius 1 is 1.00 bits per heavy atom. The molecule has 0 aliphatic carbocycles. The second kappa shape index (κ2) is 6.58. The number of hydrogen-bond acceptors (Lipinski definition) is 6. The van der Waals surface area contributed by atoms with Gasteiger partial charge in [0.25, 0.3) is 11.8 Å². The highest BCUT2D eigenvalue weighted by atomic mass is 16.2. The van der Waals surface area contributed by atoms with E-state index < -0.39 is 0 Å². The molecule has 3 heterocycles. The maximum absolute atomic E-state index is 12.5. The summed E-state index contributed by atoms with van der Waals surface area (Å²) in [6.45, 7) is 3.18. The molecule has 0 radical (unpaired) electrons. The highest BCUT2D eigenvalue weighted by molar-refractivity contribution is 6.21. The number of pyridine rings is 1. The van der Waals surface area contributed by atoms with Crippen LogP contribution in [0.2, 0.25) is 0 Å². The Bertz CT molecular complexity index is 877. The monoisotopic (exact) mass is 347 g/mol. The molecule has 2 aromatic rings. The summed E-state index contributed by atoms with van der Waals surface area (Å²) in [6.07, 6.45) is 1.64. The van der Waals surface area contributed by atoms with Crippen molar-refractivity contribution in [2.75, 3.05) is 37.7 Å². The van der Waals surface area contributed by atoms with Crippen molar-refractivity contribution < 1.29 is 9.59 Å². The number of carbonyl (C=O) groups excluding carboxylic acids is 2. The molecule has 7 heteroatoms. The Kier molecular flexibility index (Phi) is 4.11. The number of piperazine rings is 1. The fourth-order valence-corrected chi connectivity index (χ4v) is 3.35. The van der Waals surface area contributed by atoms with Crippen molar-refractivity contribution in [2.24, 2.45) is 0 Å². The summed E-state index contributed by atoms with van der Waals surface area (Å²) in [5.41, 5.74) is 1.55. The van der Waals surface area contributed by atoms with Crippen LogP contribution in [0.1, 0.15) is 26.3 Å². The van der Waals surface area contributed by atoms with E-state index in [1.807, 2.05) is 0 Å². The van der Waals surface area contributed by atoms with Gasteiger partial charge < -0.3 is 4.90 Å². The lowest BCUT2D eigenvalue weighted by molar-refractivity contribution is 0.0535. The van der Waals surface area contributed by atoms with Gasteiger partial charge in [-0.15, -0.1) is 0 Å². The molecular formula is C19H17N5O2. The average Bonchev–Trinajstić information content (AvgIpc) is 2.94. The van der Waals surface area contributed by atoms with E-state index >= 15 is 0 Å². The lowest BCUT2D eigenvalue weighted by atomic mass is 10.1. The lowest BCUT2D eigenvalue weighted by Crippen LogP contribution is -2.51. The van der Waals surface area contributed by atoms with Crippen LogP contribution in [0.4, 0.5) is 5.82 Å². The second-order valence-corrected chi connectivity index (χ2v) is 6.34. The number of fused-ring (bicyclic) bond motifs is 1. The van der Waals surface area contributed by atoms with Crippen molar-refractivity contribution in [1.29, 1.82) is 5.26 Å². The number of nitriles is 1. The van der Waals surface area contributed by atoms with Gasteiger partial charge in [0.15, 0.2) is 0 Å². The Hall–Kier alpha value is -3.24. The molecule has 0 N–H and O–H groups in total. The minimum atomic E-state index is -0.226. The first kappa shape index (κ1) is 16.2. The number of aromatic nitrogens is 1. The van der Waals surface area contributed by atoms with Gasteiger partial charge in [-0.2, -0.15) is 5.26 Å². The Morgan fingerprint density at radius 3 is 2.27 bits per heavy atom. The fourth-order valence-electron chi connectivity index (χ4n) is 3.35. The van der Waals surface area contributed by atoms with Crippen LogP contribution in [0.5, 0.6) is 0 Å². The molecule has 2 amide bonds. The molecule has 130 valence electrons. The quantitative estimate of drug-likeness (QED) is 0.779. The van der Waals surface area contributed by atoms with Crippen molar-refractivity contribution in [1.82, 2.24) is 14.8 Å². The van der Waals surface area contributed by atoms with Gasteiger partial charge in [-0.05, 0) is 24.3 Å². The van der Waals surface area contributed by atoms with Gasteiger partial charge in [0.1, 0.15) is 5.82 Å². The maximum Gasteiger partial charge on any atom is 0.262 e. The van der Waals surface area contributed by atoms with Crippen LogP contribution < -0.4 is 4.90 Å². The van der Waals surface area contributed by atoms with Gasteiger partial charge in [-0.1, -0.05) is 12.1 Å². The number of imide groups is 1. The average molecular weight is 347 g/mol. The van der Waals surface area contributed by atoms with E-state index in [0.29, 0.717) is 36.4 Å². The number of benzene rings is 1. The van der Waals surface area contributed by atoms with Gasteiger partial charge >= 0.3 is 0 Å². The first-order valence-electron chi connectivity index (χ1n) is 8.46. The number of rotatable bonds is 3. The summed E-state index contributed by atoms with van der Waals surface area (Å²) in [7, 11) is 0. The largest absolute Gasteiger partial charge is 0.354 e. The molecule has 1 aromatic heterocycles. The van der Waals surface area contributed by atoms with Gasteiger partial charge in [0, 0.05) is 32.4 Å². The van der Waals surface area contributed by atoms with E-state index in [-0.39, 0.29) is 11.8 Å². The standard InChI is InChI=1S/C19H17N5O2/c20-12-14-5-6-21-17(11-14)23-9-7-22(8-10-23)13-24-18(25)15-3-1-2-4-16(15)19(24)26/h1-6,11H,7-10,13H2. The molecule has 2 aliphatic heterocycles. The van der Waals surface area contributed by atoms with Crippen molar-refractivity contribution in [3.05, 3.63) is 59.3 Å². The molecular weight excluding hydrogens is 330 g/mol. The number of amides is 2. The van der Waals surface area contributed by atoms with E-state index in [2.05, 4.69) is 20.9 Å². The molecule has 4 rings (SSSR count). The van der Waals surface area contributed by atoms with E-state index in [1.54, 1.807) is 42.6 Å². The molecule has 0 saturated carbocycles. The third-order valence-electron chi connectivity index (χ3n) is 4.79. The van der Waals surface area contributed by atoms with E-state index in [0.717, 1.165) is 18.9 Å². The van der Waals surface area contributed by atoms with Crippen LogP contribution in [0, 0.1) is 11.3 Å². The molecule has 1 aromatic carbocycles. The second-order valence-electron chi connectivity index (χ2n) is 6.34. The maximum atomic E-state index is 12.5.